The zero-order chi connectivity index (χ0) is 74.4. The number of phosphoric acid groups is 1. The average Bonchev–Trinajstić information content (AvgIpc) is 0.757. The molecule has 7 unspecified atom stereocenters. The van der Waals surface area contributed by atoms with Gasteiger partial charge in [0.05, 0.1) is 62.7 Å². The zero-order valence-corrected chi connectivity index (χ0v) is 59.8. The van der Waals surface area contributed by atoms with Gasteiger partial charge in [-0.2, -0.15) is 0 Å². The second kappa shape index (κ2) is 48.4. The van der Waals surface area contributed by atoms with Gasteiger partial charge in [0.2, 0.25) is 11.8 Å². The predicted octanol–water partition coefficient (Wildman–Crippen LogP) is 2.65. The number of allylic oxidation sites excluding steroid dienone is 1. The summed E-state index contributed by atoms with van der Waals surface area (Å²) in [6.45, 7) is 0.871. The number of nitrogens with one attached hydrogen (secondary N) is 3. The third-order valence-electron chi connectivity index (χ3n) is 18.6. The molecule has 2 saturated heterocycles. The average molecular weight is 1460 g/mol. The molecule has 584 valence electrons. The third kappa shape index (κ3) is 30.8. The minimum absolute atomic E-state index is 0.0396. The highest BCUT2D eigenvalue weighted by Crippen LogP contribution is 2.48. The summed E-state index contributed by atoms with van der Waals surface area (Å²) in [6.07, 6.45) is -3.83. The van der Waals surface area contributed by atoms with Gasteiger partial charge in [0, 0.05) is 27.1 Å². The number of carboxylic acids is 2. The SMILES string of the molecule is CCCCCCCCCCC/C=C/[C@@H](O)[C@H](COP(=O)(O)O[C@H]1C(O)[C@@H](O)C(O)C(O[C@]2(C(=O)O)CC(O)[C@@H](NC(=O)O[C@]3(C(=O)O)C[C@@H](O)[C@@H](NC(=O)CO)C([C@H](O)[C@H](O)COC)O3)C([C@H](O)[C@@H](O)COC)O2)[C@H]1O)NC(=O)CCCCCCCCCCCCCCCCCCCCC. The van der Waals surface area contributed by atoms with Crippen molar-refractivity contribution in [3.63, 3.8) is 0 Å². The number of carbonyl (C=O) groups is 5. The lowest BCUT2D eigenvalue weighted by Gasteiger charge is -2.50. The summed E-state index contributed by atoms with van der Waals surface area (Å²) in [7, 11) is -3.49. The maximum atomic E-state index is 13.9. The van der Waals surface area contributed by atoms with Gasteiger partial charge >= 0.3 is 31.6 Å². The molecule has 0 aromatic heterocycles. The summed E-state index contributed by atoms with van der Waals surface area (Å²) in [6, 6.07) is -5.42. The number of alkyl carbamates (subject to hydrolysis) is 1. The van der Waals surface area contributed by atoms with Crippen molar-refractivity contribution < 1.29 is 142 Å². The summed E-state index contributed by atoms with van der Waals surface area (Å²) in [5, 5.41) is 161. The summed E-state index contributed by atoms with van der Waals surface area (Å²) < 4.78 is 56.0. The first-order valence-corrected chi connectivity index (χ1v) is 37.6. The van der Waals surface area contributed by atoms with E-state index in [0.717, 1.165) is 84.8 Å². The molecule has 0 radical (unpaired) electrons. The van der Waals surface area contributed by atoms with Gasteiger partial charge in [-0.1, -0.05) is 193 Å². The van der Waals surface area contributed by atoms with Gasteiger partial charge in [-0.3, -0.25) is 18.6 Å². The number of amides is 3. The monoisotopic (exact) mass is 1460 g/mol. The number of carbonyl (C=O) groups excluding carboxylic acids is 3. The number of unbranched alkanes of at least 4 members (excludes halogenated alkanes) is 27. The van der Waals surface area contributed by atoms with E-state index in [4.69, 9.17) is 37.5 Å². The number of methoxy groups -OCH3 is 2. The highest BCUT2D eigenvalue weighted by molar-refractivity contribution is 7.47. The number of aliphatic hydroxyl groups is 12. The molecule has 3 aliphatic rings. The van der Waals surface area contributed by atoms with Crippen LogP contribution in [0.15, 0.2) is 12.2 Å². The molecule has 0 bridgehead atoms. The lowest BCUT2D eigenvalue weighted by Crippen LogP contribution is -2.72. The van der Waals surface area contributed by atoms with Gasteiger partial charge < -0.3 is 121 Å². The molecule has 0 spiro atoms. The maximum absolute atomic E-state index is 13.9. The van der Waals surface area contributed by atoms with Crippen molar-refractivity contribution in [1.29, 1.82) is 0 Å². The van der Waals surface area contributed by atoms with Crippen molar-refractivity contribution in [2.45, 2.75) is 341 Å². The Morgan fingerprint density at radius 2 is 0.950 bits per heavy atom. The molecule has 3 rings (SSSR count). The van der Waals surface area contributed by atoms with E-state index >= 15 is 0 Å². The van der Waals surface area contributed by atoms with E-state index < -0.39 is 198 Å². The molecule has 2 aliphatic heterocycles. The van der Waals surface area contributed by atoms with Crippen LogP contribution in [0.5, 0.6) is 0 Å². The number of ether oxygens (including phenoxy) is 6. The van der Waals surface area contributed by atoms with E-state index in [0.29, 0.717) is 12.8 Å². The van der Waals surface area contributed by atoms with E-state index in [-0.39, 0.29) is 6.42 Å². The Kier molecular flexibility index (Phi) is 43.8. The fourth-order valence-corrected chi connectivity index (χ4v) is 13.7. The molecule has 33 heteroatoms. The van der Waals surface area contributed by atoms with Crippen molar-refractivity contribution in [2.24, 2.45) is 0 Å². The van der Waals surface area contributed by atoms with Gasteiger partial charge in [-0.15, -0.1) is 0 Å². The predicted molar refractivity (Wildman–Crippen MR) is 358 cm³/mol. The second-order valence-corrected chi connectivity index (χ2v) is 28.3. The second-order valence-electron chi connectivity index (χ2n) is 26.9. The number of rotatable bonds is 54. The largest absolute Gasteiger partial charge is 0.477 e. The normalized spacial score (nSPS) is 28.9. The van der Waals surface area contributed by atoms with Crippen LogP contribution in [0.2, 0.25) is 0 Å². The Hall–Kier alpha value is -3.68. The standard InChI is InChI=1S/C67H122N3O29P/c1-5-7-9-11-13-15-17-18-19-20-21-22-23-24-26-28-30-32-34-36-49(77)68-43(44(72)35-33-31-29-27-25-16-14-12-10-8-6-2)40-94-100(90,91)99-62-57(83)55(81)56(82)61(58(62)84)97-66(63(85)86)37-46(74)52(60(95-66)54(80)48(76)42-93-4)70-65(89)98-67(64(87)88)38-45(73)51(69-50(78)39-71)59(96-67)53(79)47(75)41-92-3/h33,35,43-48,51-62,71-76,79-84H,5-32,34,36-42H2,1-4H3,(H,68,77)(H,69,78)(H,70,89)(H,85,86)(H,87,88)(H,90,91)/b35-33+/t43-,44+,45+,46?,47+,48-,51+,52+,53+,54+,55-,56?,57?,58+,59?,60?,61?,62-,66-,67-/m0/s1. The molecule has 1 saturated carbocycles. The van der Waals surface area contributed by atoms with Crippen molar-refractivity contribution in [2.75, 3.05) is 40.6 Å². The molecule has 0 aromatic carbocycles. The fourth-order valence-electron chi connectivity index (χ4n) is 12.7. The van der Waals surface area contributed by atoms with Crippen LogP contribution in [0.25, 0.3) is 0 Å². The van der Waals surface area contributed by atoms with Crippen LogP contribution in [0.1, 0.15) is 219 Å². The van der Waals surface area contributed by atoms with Crippen LogP contribution in [0, 0.1) is 0 Å². The summed E-state index contributed by atoms with van der Waals surface area (Å²) in [5.41, 5.74) is 0. The molecule has 3 fully saturated rings. The number of hydrogen-bond acceptors (Lipinski definition) is 26. The molecule has 32 nitrogen and oxygen atoms in total. The van der Waals surface area contributed by atoms with E-state index in [9.17, 15) is 105 Å². The highest BCUT2D eigenvalue weighted by atomic mass is 31.2. The van der Waals surface area contributed by atoms with Crippen LogP contribution < -0.4 is 16.0 Å². The topological polar surface area (TPSA) is 516 Å². The van der Waals surface area contributed by atoms with Crippen LogP contribution in [0.3, 0.4) is 0 Å². The lowest BCUT2D eigenvalue weighted by atomic mass is 9.84. The van der Waals surface area contributed by atoms with Crippen molar-refractivity contribution in [3.8, 4) is 0 Å². The molecule has 1 aliphatic carbocycles. The number of aliphatic hydroxyl groups excluding tert-OH is 12. The number of carboxylic acid groups (broad SMARTS) is 2. The van der Waals surface area contributed by atoms with Crippen LogP contribution >= 0.6 is 7.82 Å². The number of aliphatic carboxylic acids is 2. The summed E-state index contributed by atoms with van der Waals surface area (Å²) in [4.78, 5) is 77.0. The quantitative estimate of drug-likeness (QED) is 0.0236. The lowest BCUT2D eigenvalue weighted by molar-refractivity contribution is -0.350. The van der Waals surface area contributed by atoms with E-state index in [1.54, 1.807) is 6.08 Å². The Balaban J connectivity index is 1.78. The maximum Gasteiger partial charge on any atom is 0.472 e. The van der Waals surface area contributed by atoms with Crippen molar-refractivity contribution >= 4 is 37.7 Å². The van der Waals surface area contributed by atoms with Gasteiger partial charge in [0.1, 0.15) is 79.9 Å². The Bertz CT molecular complexity index is 2390. The molecule has 3 amide bonds. The van der Waals surface area contributed by atoms with Crippen LogP contribution in [-0.2, 0) is 61.2 Å². The van der Waals surface area contributed by atoms with Crippen LogP contribution in [-0.4, -0.2) is 268 Å². The number of hydrogen-bond donors (Lipinski definition) is 18. The van der Waals surface area contributed by atoms with Crippen LogP contribution in [0.4, 0.5) is 4.79 Å². The highest BCUT2D eigenvalue weighted by Gasteiger charge is 2.62. The van der Waals surface area contributed by atoms with Gasteiger partial charge in [-0.25, -0.2) is 18.9 Å². The van der Waals surface area contributed by atoms with E-state index in [1.165, 1.54) is 109 Å². The molecule has 0 aromatic rings. The first kappa shape index (κ1) is 90.5. The zero-order valence-electron chi connectivity index (χ0n) is 58.9. The minimum atomic E-state index is -5.65. The molecule has 18 N–H and O–H groups in total. The molecule has 21 atom stereocenters. The Labute approximate surface area is 587 Å². The fraction of sp³-hybridized carbons (Fsp3) is 0.896. The minimum Gasteiger partial charge on any atom is -0.477 e. The first-order valence-electron chi connectivity index (χ1n) is 36.1. The van der Waals surface area contributed by atoms with Crippen molar-refractivity contribution in [3.05, 3.63) is 12.2 Å². The molecular weight excluding hydrogens is 1340 g/mol. The summed E-state index contributed by atoms with van der Waals surface area (Å²) >= 11 is 0. The first-order chi connectivity index (χ1) is 47.6. The molecule has 2 heterocycles. The number of phosphoric ester groups is 1. The smallest absolute Gasteiger partial charge is 0.472 e. The van der Waals surface area contributed by atoms with Crippen molar-refractivity contribution in [1.82, 2.24) is 16.0 Å². The Morgan fingerprint density at radius 3 is 1.39 bits per heavy atom. The molecule has 100 heavy (non-hydrogen) atoms. The van der Waals surface area contributed by atoms with Gasteiger partial charge in [-0.05, 0) is 19.3 Å². The molecular formula is C67H122N3O29P. The van der Waals surface area contributed by atoms with Gasteiger partial charge in [0.15, 0.2) is 0 Å². The summed E-state index contributed by atoms with van der Waals surface area (Å²) in [5.74, 6) is -13.0. The van der Waals surface area contributed by atoms with Gasteiger partial charge in [0.25, 0.3) is 5.79 Å². The van der Waals surface area contributed by atoms with E-state index in [1.807, 2.05) is 5.32 Å². The third-order valence-corrected chi connectivity index (χ3v) is 19.6. The van der Waals surface area contributed by atoms with E-state index in [2.05, 4.69) is 24.5 Å². The Morgan fingerprint density at radius 1 is 0.540 bits per heavy atom.